The molecule has 1 aliphatic rings. The number of carbonyl (C=O) groups excluding carboxylic acids is 1. The molecule has 4 rings (SSSR count). The monoisotopic (exact) mass is 388 g/mol. The maximum absolute atomic E-state index is 12.3. The molecule has 27 heavy (non-hydrogen) atoms. The lowest BCUT2D eigenvalue weighted by atomic mass is 10.2. The highest BCUT2D eigenvalue weighted by Gasteiger charge is 2.16. The van der Waals surface area contributed by atoms with Crippen LogP contribution < -0.4 is 20.5 Å². The number of nitrogens with one attached hydrogen (secondary N) is 1. The summed E-state index contributed by atoms with van der Waals surface area (Å²) in [5, 5.41) is 3.15. The van der Waals surface area contributed by atoms with Crippen LogP contribution in [0.5, 0.6) is 11.5 Å². The van der Waals surface area contributed by atoms with Crippen LogP contribution in [0.1, 0.15) is 12.8 Å². The lowest BCUT2D eigenvalue weighted by molar-refractivity contribution is -0.116. The molecular formula is C19H17ClN2O5. The second-order valence-electron chi connectivity index (χ2n) is 6.11. The van der Waals surface area contributed by atoms with Gasteiger partial charge in [0.15, 0.2) is 17.1 Å². The highest BCUT2D eigenvalue weighted by atomic mass is 35.5. The number of rotatable bonds is 5. The van der Waals surface area contributed by atoms with Crippen molar-refractivity contribution >= 4 is 34.3 Å². The predicted molar refractivity (Wildman–Crippen MR) is 101 cm³/mol. The lowest BCUT2D eigenvalue weighted by Crippen LogP contribution is -2.18. The van der Waals surface area contributed by atoms with Gasteiger partial charge in [0.05, 0.1) is 16.2 Å². The third-order valence-corrected chi connectivity index (χ3v) is 4.58. The Morgan fingerprint density at radius 2 is 1.89 bits per heavy atom. The summed E-state index contributed by atoms with van der Waals surface area (Å²) in [4.78, 5) is 24.2. The molecule has 1 N–H and O–H groups in total. The number of para-hydroxylation sites is 2. The van der Waals surface area contributed by atoms with Crippen LogP contribution in [-0.2, 0) is 11.3 Å². The van der Waals surface area contributed by atoms with Gasteiger partial charge in [-0.2, -0.15) is 0 Å². The van der Waals surface area contributed by atoms with Gasteiger partial charge in [0, 0.05) is 25.1 Å². The van der Waals surface area contributed by atoms with Crippen molar-refractivity contribution in [2.45, 2.75) is 19.4 Å². The van der Waals surface area contributed by atoms with Crippen molar-refractivity contribution in [3.63, 3.8) is 0 Å². The summed E-state index contributed by atoms with van der Waals surface area (Å²) in [5.74, 6) is 0.494. The third-order valence-electron chi connectivity index (χ3n) is 4.27. The Hall–Kier alpha value is -2.93. The van der Waals surface area contributed by atoms with Crippen LogP contribution in [-0.4, -0.2) is 23.7 Å². The molecule has 0 aliphatic carbocycles. The topological polar surface area (TPSA) is 82.7 Å². The molecule has 0 radical (unpaired) electrons. The molecule has 140 valence electrons. The molecular weight excluding hydrogens is 372 g/mol. The normalized spacial score (nSPS) is 12.9. The summed E-state index contributed by atoms with van der Waals surface area (Å²) in [6.45, 7) is 1.31. The van der Waals surface area contributed by atoms with E-state index in [-0.39, 0.29) is 12.3 Å². The Morgan fingerprint density at radius 3 is 2.70 bits per heavy atom. The molecule has 2 heterocycles. The maximum atomic E-state index is 12.3. The van der Waals surface area contributed by atoms with Gasteiger partial charge in [-0.05, 0) is 18.6 Å². The predicted octanol–water partition coefficient (Wildman–Crippen LogP) is 3.44. The van der Waals surface area contributed by atoms with Gasteiger partial charge in [0.25, 0.3) is 0 Å². The Kier molecular flexibility index (Phi) is 4.77. The second kappa shape index (κ2) is 7.36. The number of anilines is 1. The van der Waals surface area contributed by atoms with E-state index in [4.69, 9.17) is 25.5 Å². The molecule has 8 heteroatoms. The summed E-state index contributed by atoms with van der Waals surface area (Å²) >= 11 is 6.20. The van der Waals surface area contributed by atoms with Crippen LogP contribution in [0.2, 0.25) is 5.02 Å². The summed E-state index contributed by atoms with van der Waals surface area (Å²) < 4.78 is 17.7. The zero-order valence-corrected chi connectivity index (χ0v) is 15.1. The van der Waals surface area contributed by atoms with Gasteiger partial charge in [-0.15, -0.1) is 0 Å². The highest BCUT2D eigenvalue weighted by molar-refractivity contribution is 6.34. The minimum Gasteiger partial charge on any atom is -0.486 e. The van der Waals surface area contributed by atoms with E-state index < -0.39 is 5.76 Å². The summed E-state index contributed by atoms with van der Waals surface area (Å²) in [7, 11) is 0. The van der Waals surface area contributed by atoms with Crippen molar-refractivity contribution in [3.05, 3.63) is 52.0 Å². The summed E-state index contributed by atoms with van der Waals surface area (Å²) in [6, 6.07) is 10.5. The fourth-order valence-corrected chi connectivity index (χ4v) is 3.20. The largest absolute Gasteiger partial charge is 0.486 e. The molecule has 0 spiro atoms. The second-order valence-corrected chi connectivity index (χ2v) is 6.52. The zero-order valence-electron chi connectivity index (χ0n) is 14.4. The molecule has 0 atom stereocenters. The first-order valence-electron chi connectivity index (χ1n) is 8.59. The number of aromatic nitrogens is 1. The Labute approximate surface area is 159 Å². The molecule has 3 aromatic rings. The molecule has 1 amide bonds. The first kappa shape index (κ1) is 17.5. The Morgan fingerprint density at radius 1 is 1.15 bits per heavy atom. The van der Waals surface area contributed by atoms with E-state index in [1.54, 1.807) is 24.3 Å². The van der Waals surface area contributed by atoms with Gasteiger partial charge >= 0.3 is 5.76 Å². The van der Waals surface area contributed by atoms with E-state index in [1.165, 1.54) is 4.57 Å². The Balaban J connectivity index is 1.39. The Bertz CT molecular complexity index is 1060. The number of fused-ring (bicyclic) bond motifs is 2. The molecule has 2 aromatic carbocycles. The number of ether oxygens (including phenoxy) is 2. The SMILES string of the molecule is O=C(CCCn1c(=O)oc2ccccc21)Nc1cc2c(cc1Cl)OCCO2. The standard InChI is InChI=1S/C19H17ClN2O5/c20-12-10-16-17(26-9-8-25-16)11-13(12)21-18(23)6-3-7-22-14-4-1-2-5-15(14)27-19(22)24/h1-2,4-5,10-11H,3,6-9H2,(H,21,23). The van der Waals surface area contributed by atoms with E-state index >= 15 is 0 Å². The van der Waals surface area contributed by atoms with Crippen molar-refractivity contribution < 1.29 is 18.7 Å². The maximum Gasteiger partial charge on any atom is 0.419 e. The van der Waals surface area contributed by atoms with E-state index in [2.05, 4.69) is 5.32 Å². The number of hydrogen-bond donors (Lipinski definition) is 1. The van der Waals surface area contributed by atoms with E-state index in [0.717, 1.165) is 5.52 Å². The van der Waals surface area contributed by atoms with Crippen LogP contribution in [0.4, 0.5) is 5.69 Å². The quantitative estimate of drug-likeness (QED) is 0.724. The molecule has 0 unspecified atom stereocenters. The third kappa shape index (κ3) is 3.64. The molecule has 0 bridgehead atoms. The van der Waals surface area contributed by atoms with Crippen LogP contribution in [0.25, 0.3) is 11.1 Å². The number of oxazole rings is 1. The number of aryl methyl sites for hydroxylation is 1. The average molecular weight is 389 g/mol. The van der Waals surface area contributed by atoms with Gasteiger partial charge in [-0.1, -0.05) is 23.7 Å². The van der Waals surface area contributed by atoms with Crippen molar-refractivity contribution in [2.24, 2.45) is 0 Å². The number of carbonyl (C=O) groups is 1. The average Bonchev–Trinajstić information content (AvgIpc) is 2.98. The van der Waals surface area contributed by atoms with E-state index in [9.17, 15) is 9.59 Å². The van der Waals surface area contributed by atoms with Gasteiger partial charge in [-0.25, -0.2) is 4.79 Å². The zero-order chi connectivity index (χ0) is 18.8. The summed E-state index contributed by atoms with van der Waals surface area (Å²) in [6.07, 6.45) is 0.716. The first-order chi connectivity index (χ1) is 13.1. The number of halogens is 1. The summed E-state index contributed by atoms with van der Waals surface area (Å²) in [5.41, 5.74) is 1.73. The first-order valence-corrected chi connectivity index (χ1v) is 8.97. The highest BCUT2D eigenvalue weighted by Crippen LogP contribution is 2.38. The van der Waals surface area contributed by atoms with Gasteiger partial charge < -0.3 is 19.2 Å². The van der Waals surface area contributed by atoms with Crippen molar-refractivity contribution in [1.29, 1.82) is 0 Å². The van der Waals surface area contributed by atoms with Crippen LogP contribution in [0.3, 0.4) is 0 Å². The van der Waals surface area contributed by atoms with Gasteiger partial charge in [0.2, 0.25) is 5.91 Å². The fourth-order valence-electron chi connectivity index (χ4n) is 3.00. The van der Waals surface area contributed by atoms with E-state index in [0.29, 0.717) is 54.0 Å². The lowest BCUT2D eigenvalue weighted by Gasteiger charge is -2.20. The van der Waals surface area contributed by atoms with Gasteiger partial charge in [-0.3, -0.25) is 9.36 Å². The molecule has 7 nitrogen and oxygen atoms in total. The van der Waals surface area contributed by atoms with Crippen LogP contribution >= 0.6 is 11.6 Å². The van der Waals surface area contributed by atoms with E-state index in [1.807, 2.05) is 12.1 Å². The molecule has 0 saturated carbocycles. The molecule has 1 aliphatic heterocycles. The van der Waals surface area contributed by atoms with Gasteiger partial charge in [0.1, 0.15) is 13.2 Å². The number of benzene rings is 2. The van der Waals surface area contributed by atoms with Crippen molar-refractivity contribution in [2.75, 3.05) is 18.5 Å². The smallest absolute Gasteiger partial charge is 0.419 e. The minimum absolute atomic E-state index is 0.200. The molecule has 1 aromatic heterocycles. The van der Waals surface area contributed by atoms with Crippen LogP contribution in [0, 0.1) is 0 Å². The van der Waals surface area contributed by atoms with Crippen molar-refractivity contribution in [1.82, 2.24) is 4.57 Å². The molecule has 0 saturated heterocycles. The molecule has 0 fully saturated rings. The number of amides is 1. The van der Waals surface area contributed by atoms with Crippen molar-refractivity contribution in [3.8, 4) is 11.5 Å². The number of nitrogens with zero attached hydrogens (tertiary/aromatic N) is 1. The number of hydrogen-bond acceptors (Lipinski definition) is 5. The van der Waals surface area contributed by atoms with Crippen LogP contribution in [0.15, 0.2) is 45.6 Å². The minimum atomic E-state index is -0.425. The fraction of sp³-hybridized carbons (Fsp3) is 0.263.